The minimum Gasteiger partial charge on any atom is -0.366 e. The first-order valence-electron chi connectivity index (χ1n) is 7.39. The Bertz CT molecular complexity index is 859. The van der Waals surface area contributed by atoms with Crippen LogP contribution in [0.15, 0.2) is 29.4 Å². The van der Waals surface area contributed by atoms with Crippen molar-refractivity contribution in [1.29, 1.82) is 0 Å². The van der Waals surface area contributed by atoms with Crippen molar-refractivity contribution in [3.8, 4) is 0 Å². The topological polar surface area (TPSA) is 42.7 Å². The summed E-state index contributed by atoms with van der Waals surface area (Å²) in [7, 11) is 0. The number of anilines is 1. The first kappa shape index (κ1) is 23.1. The zero-order chi connectivity index (χ0) is 22.3. The van der Waals surface area contributed by atoms with E-state index in [1.54, 1.807) is 25.1 Å². The molecular weight excluding hydrogens is 446 g/mol. The van der Waals surface area contributed by atoms with E-state index in [2.05, 4.69) is 15.4 Å². The van der Waals surface area contributed by atoms with Gasteiger partial charge in [-0.2, -0.15) is 48.9 Å². The minimum absolute atomic E-state index is 0.0383. The molecule has 0 fully saturated rings. The maximum absolute atomic E-state index is 13.4. The van der Waals surface area contributed by atoms with E-state index in [1.807, 2.05) is 0 Å². The molecule has 1 aromatic carbocycles. The lowest BCUT2D eigenvalue weighted by Gasteiger charge is -2.26. The van der Waals surface area contributed by atoms with E-state index in [0.717, 1.165) is 0 Å². The molecule has 0 radical (unpaired) electrons. The summed E-state index contributed by atoms with van der Waals surface area (Å²) >= 11 is -1.52. The van der Waals surface area contributed by atoms with Gasteiger partial charge in [-0.25, -0.2) is 4.68 Å². The largest absolute Gasteiger partial charge is 0.460 e. The lowest BCUT2D eigenvalue weighted by molar-refractivity contribution is -0.330. The highest BCUT2D eigenvalue weighted by atomic mass is 32.2. The SMILES string of the molecule is Cc1ccccc1NCn1nc(SC(F)(F)C(F)(F)C(F)(F)F)nc1C(F)(F)F. The summed E-state index contributed by atoms with van der Waals surface area (Å²) in [6, 6.07) is 6.26. The first-order valence-corrected chi connectivity index (χ1v) is 8.21. The second-order valence-corrected chi connectivity index (χ2v) is 6.64. The molecule has 0 saturated heterocycles. The van der Waals surface area contributed by atoms with Crippen molar-refractivity contribution in [3.05, 3.63) is 35.7 Å². The van der Waals surface area contributed by atoms with Crippen molar-refractivity contribution in [2.75, 3.05) is 5.32 Å². The van der Waals surface area contributed by atoms with Gasteiger partial charge in [0.05, 0.1) is 0 Å². The van der Waals surface area contributed by atoms with Crippen LogP contribution < -0.4 is 5.32 Å². The molecule has 2 aromatic rings. The Hall–Kier alpha value is -2.19. The van der Waals surface area contributed by atoms with Gasteiger partial charge in [0.1, 0.15) is 6.67 Å². The predicted octanol–water partition coefficient (Wildman–Crippen LogP) is 5.56. The number of hydrogen-bond acceptors (Lipinski definition) is 4. The average molecular weight is 456 g/mol. The molecule has 0 aliphatic rings. The highest BCUT2D eigenvalue weighted by Crippen LogP contribution is 2.53. The molecule has 0 aliphatic heterocycles. The third-order valence-corrected chi connectivity index (χ3v) is 4.28. The van der Waals surface area contributed by atoms with Crippen molar-refractivity contribution in [2.45, 2.75) is 42.3 Å². The number of para-hydroxylation sites is 1. The van der Waals surface area contributed by atoms with Gasteiger partial charge >= 0.3 is 23.5 Å². The average Bonchev–Trinajstić information content (AvgIpc) is 2.95. The molecule has 1 heterocycles. The zero-order valence-electron chi connectivity index (χ0n) is 14.0. The summed E-state index contributed by atoms with van der Waals surface area (Å²) in [4.78, 5) is 2.67. The van der Waals surface area contributed by atoms with Gasteiger partial charge in [-0.3, -0.25) is 0 Å². The van der Waals surface area contributed by atoms with Crippen molar-refractivity contribution in [3.63, 3.8) is 0 Å². The van der Waals surface area contributed by atoms with Crippen molar-refractivity contribution in [1.82, 2.24) is 14.8 Å². The molecule has 0 saturated carbocycles. The molecule has 0 atom stereocenters. The highest BCUT2D eigenvalue weighted by Gasteiger charge is 2.74. The monoisotopic (exact) mass is 456 g/mol. The summed E-state index contributed by atoms with van der Waals surface area (Å²) in [5.41, 5.74) is 0.950. The number of aromatic nitrogens is 3. The van der Waals surface area contributed by atoms with E-state index in [-0.39, 0.29) is 4.68 Å². The van der Waals surface area contributed by atoms with Gasteiger partial charge in [-0.05, 0) is 30.3 Å². The molecule has 1 aromatic heterocycles. The number of halogens is 10. The van der Waals surface area contributed by atoms with E-state index < -0.39 is 52.9 Å². The van der Waals surface area contributed by atoms with Crippen molar-refractivity contribution >= 4 is 17.4 Å². The fourth-order valence-corrected chi connectivity index (χ4v) is 2.70. The van der Waals surface area contributed by atoms with Crippen LogP contribution in [-0.4, -0.2) is 32.1 Å². The second kappa shape index (κ2) is 7.57. The summed E-state index contributed by atoms with van der Waals surface area (Å²) in [6.45, 7) is 0.837. The Labute approximate surface area is 160 Å². The van der Waals surface area contributed by atoms with Crippen LogP contribution in [0.2, 0.25) is 0 Å². The third kappa shape index (κ3) is 4.87. The number of nitrogens with one attached hydrogen (secondary N) is 1. The molecule has 29 heavy (non-hydrogen) atoms. The third-order valence-electron chi connectivity index (χ3n) is 3.41. The second-order valence-electron chi connectivity index (χ2n) is 5.56. The van der Waals surface area contributed by atoms with Crippen molar-refractivity contribution < 1.29 is 43.9 Å². The first-order chi connectivity index (χ1) is 13.1. The predicted molar refractivity (Wildman–Crippen MR) is 81.6 cm³/mol. The van der Waals surface area contributed by atoms with Crippen LogP contribution in [0.4, 0.5) is 49.6 Å². The summed E-state index contributed by atoms with van der Waals surface area (Å²) in [5, 5.41) is -1.93. The van der Waals surface area contributed by atoms with Gasteiger partial charge in [-0.1, -0.05) is 18.2 Å². The van der Waals surface area contributed by atoms with Gasteiger partial charge in [0, 0.05) is 5.69 Å². The minimum atomic E-state index is -6.63. The van der Waals surface area contributed by atoms with E-state index in [4.69, 9.17) is 0 Å². The fourth-order valence-electron chi connectivity index (χ4n) is 1.96. The number of aryl methyl sites for hydroxylation is 1. The molecule has 1 N–H and O–H groups in total. The zero-order valence-corrected chi connectivity index (χ0v) is 14.9. The Balaban J connectivity index is 2.32. The quantitative estimate of drug-likeness (QED) is 0.457. The molecular formula is C14H10F10N4S. The Kier molecular flexibility index (Phi) is 6.03. The smallest absolute Gasteiger partial charge is 0.366 e. The number of rotatable bonds is 6. The molecule has 0 unspecified atom stereocenters. The summed E-state index contributed by atoms with van der Waals surface area (Å²) < 4.78 is 128. The Morgan fingerprint density at radius 3 is 2.07 bits per heavy atom. The van der Waals surface area contributed by atoms with Crippen LogP contribution >= 0.6 is 11.8 Å². The van der Waals surface area contributed by atoms with E-state index in [0.29, 0.717) is 11.3 Å². The molecule has 0 bridgehead atoms. The molecule has 0 aliphatic carbocycles. The Morgan fingerprint density at radius 1 is 0.966 bits per heavy atom. The molecule has 4 nitrogen and oxygen atoms in total. The van der Waals surface area contributed by atoms with Crippen molar-refractivity contribution in [2.24, 2.45) is 0 Å². The van der Waals surface area contributed by atoms with Crippen LogP contribution in [-0.2, 0) is 12.8 Å². The molecule has 15 heteroatoms. The van der Waals surface area contributed by atoms with Crippen LogP contribution in [0.25, 0.3) is 0 Å². The maximum Gasteiger partial charge on any atom is 0.460 e. The van der Waals surface area contributed by atoms with Crippen LogP contribution in [0.3, 0.4) is 0 Å². The van der Waals surface area contributed by atoms with Gasteiger partial charge in [-0.15, -0.1) is 5.10 Å². The van der Waals surface area contributed by atoms with Crippen LogP contribution in [0, 0.1) is 6.92 Å². The molecule has 0 spiro atoms. The van der Waals surface area contributed by atoms with Gasteiger partial charge in [0.2, 0.25) is 11.0 Å². The number of nitrogens with zero attached hydrogens (tertiary/aromatic N) is 3. The van der Waals surface area contributed by atoms with Gasteiger partial charge < -0.3 is 5.32 Å². The molecule has 2 rings (SSSR count). The number of hydrogen-bond donors (Lipinski definition) is 1. The van der Waals surface area contributed by atoms with Gasteiger partial charge in [0.25, 0.3) is 0 Å². The lowest BCUT2D eigenvalue weighted by atomic mass is 10.2. The standard InChI is InChI=1S/C14H10F10N4S/c1-7-4-2-3-5-8(7)25-6-28-9(11(15,16)17)26-10(27-28)29-14(23,24)12(18,19)13(20,21)22/h2-5,25H,6H2,1H3. The summed E-state index contributed by atoms with van der Waals surface area (Å²) in [5.74, 6) is -8.37. The van der Waals surface area contributed by atoms with E-state index in [9.17, 15) is 43.9 Å². The maximum atomic E-state index is 13.4. The lowest BCUT2D eigenvalue weighted by Crippen LogP contribution is -2.50. The highest BCUT2D eigenvalue weighted by molar-refractivity contribution is 8.00. The van der Waals surface area contributed by atoms with Crippen LogP contribution in [0.1, 0.15) is 11.4 Å². The summed E-state index contributed by atoms with van der Waals surface area (Å²) in [6.07, 6.45) is -11.9. The number of alkyl halides is 10. The Morgan fingerprint density at radius 2 is 1.55 bits per heavy atom. The number of thioether (sulfide) groups is 1. The van der Waals surface area contributed by atoms with Gasteiger partial charge in [0.15, 0.2) is 0 Å². The van der Waals surface area contributed by atoms with E-state index in [1.165, 1.54) is 6.07 Å². The normalized spacial score (nSPS) is 13.6. The fraction of sp³-hybridized carbons (Fsp3) is 0.429. The molecule has 0 amide bonds. The van der Waals surface area contributed by atoms with E-state index >= 15 is 0 Å². The number of benzene rings is 1. The van der Waals surface area contributed by atoms with Crippen LogP contribution in [0.5, 0.6) is 0 Å². The molecule has 162 valence electrons.